The lowest BCUT2D eigenvalue weighted by atomic mass is 10.9. The standard InChI is InChI=1S/C2H3O3P/c3-1-2-6(4)5/h1H,2H2. The normalized spacial score (nSPS) is 7.33. The molecule has 0 aliphatic rings. The number of hydrogen-bond acceptors (Lipinski definition) is 3. The fourth-order valence-electron chi connectivity index (χ4n) is 0.0609. The van der Waals surface area contributed by atoms with Crippen LogP contribution in [0, 0.1) is 0 Å². The molecule has 0 saturated heterocycles. The Morgan fingerprint density at radius 1 is 1.50 bits per heavy atom. The van der Waals surface area contributed by atoms with Gasteiger partial charge in [-0.25, -0.2) is 9.13 Å². The first-order chi connectivity index (χ1) is 2.77. The fourth-order valence-corrected chi connectivity index (χ4v) is 0.183. The van der Waals surface area contributed by atoms with E-state index in [-0.39, 0.29) is 6.16 Å². The maximum atomic E-state index is 9.41. The molecular weight excluding hydrogens is 103 g/mol. The molecule has 0 fully saturated rings. The summed E-state index contributed by atoms with van der Waals surface area (Å²) in [6.07, 6.45) is 0.00103. The SMILES string of the molecule is O=CCP(=O)=O. The minimum Gasteiger partial charge on any atom is -0.302 e. The van der Waals surface area contributed by atoms with Crippen molar-refractivity contribution in [2.45, 2.75) is 0 Å². The minimum absolute atomic E-state index is 0.352. The molecule has 0 atom stereocenters. The molecule has 0 bridgehead atoms. The summed E-state index contributed by atoms with van der Waals surface area (Å²) in [5, 5.41) is 0. The van der Waals surface area contributed by atoms with Crippen molar-refractivity contribution in [1.82, 2.24) is 0 Å². The maximum absolute atomic E-state index is 9.41. The second-order valence-electron chi connectivity index (χ2n) is 0.682. The summed E-state index contributed by atoms with van der Waals surface area (Å²) in [7, 11) is -2.47. The topological polar surface area (TPSA) is 51.2 Å². The Balaban J connectivity index is 3.32. The van der Waals surface area contributed by atoms with Gasteiger partial charge >= 0.3 is 7.68 Å². The van der Waals surface area contributed by atoms with Crippen LogP contribution in [0.4, 0.5) is 0 Å². The summed E-state index contributed by atoms with van der Waals surface area (Å²) < 4.78 is 18.8. The van der Waals surface area contributed by atoms with Gasteiger partial charge < -0.3 is 4.79 Å². The summed E-state index contributed by atoms with van der Waals surface area (Å²) in [5.41, 5.74) is 0. The minimum atomic E-state index is -2.47. The van der Waals surface area contributed by atoms with E-state index < -0.39 is 7.68 Å². The van der Waals surface area contributed by atoms with Crippen molar-refractivity contribution < 1.29 is 13.9 Å². The quantitative estimate of drug-likeness (QED) is 0.377. The molecule has 4 heteroatoms. The molecule has 0 aromatic carbocycles. The van der Waals surface area contributed by atoms with Crippen molar-refractivity contribution in [2.24, 2.45) is 0 Å². The molecule has 0 unspecified atom stereocenters. The largest absolute Gasteiger partial charge is 0.322 e. The van der Waals surface area contributed by atoms with Crippen molar-refractivity contribution in [3.8, 4) is 0 Å². The lowest BCUT2D eigenvalue weighted by Crippen LogP contribution is -1.67. The molecule has 0 rings (SSSR count). The van der Waals surface area contributed by atoms with E-state index >= 15 is 0 Å². The molecule has 0 heterocycles. The number of carbonyl (C=O) groups is 1. The first kappa shape index (κ1) is 5.57. The summed E-state index contributed by atoms with van der Waals surface area (Å²) in [5.74, 6) is 0. The van der Waals surface area contributed by atoms with E-state index in [9.17, 15) is 13.9 Å². The first-order valence-electron chi connectivity index (χ1n) is 1.33. The Morgan fingerprint density at radius 3 is 2.00 bits per heavy atom. The van der Waals surface area contributed by atoms with Gasteiger partial charge in [-0.15, -0.1) is 0 Å². The molecule has 0 radical (unpaired) electrons. The maximum Gasteiger partial charge on any atom is 0.322 e. The highest BCUT2D eigenvalue weighted by Gasteiger charge is 1.81. The van der Waals surface area contributed by atoms with Crippen molar-refractivity contribution in [3.05, 3.63) is 0 Å². The van der Waals surface area contributed by atoms with Gasteiger partial charge in [0.15, 0.2) is 0 Å². The Kier molecular flexibility index (Phi) is 2.59. The third-order valence-electron chi connectivity index (χ3n) is 0.224. The van der Waals surface area contributed by atoms with Crippen LogP contribution in [0.15, 0.2) is 0 Å². The average Bonchev–Trinajstić information content (AvgIpc) is 1.35. The van der Waals surface area contributed by atoms with E-state index in [0.717, 1.165) is 0 Å². The van der Waals surface area contributed by atoms with Gasteiger partial charge in [0.2, 0.25) is 0 Å². The van der Waals surface area contributed by atoms with Gasteiger partial charge in [-0.1, -0.05) is 0 Å². The molecule has 3 nitrogen and oxygen atoms in total. The van der Waals surface area contributed by atoms with Gasteiger partial charge in [-0.3, -0.25) is 0 Å². The van der Waals surface area contributed by atoms with E-state index in [4.69, 9.17) is 0 Å². The highest BCUT2D eigenvalue weighted by Crippen LogP contribution is 1.95. The van der Waals surface area contributed by atoms with E-state index in [0.29, 0.717) is 6.29 Å². The Hall–Kier alpha value is -0.430. The predicted molar refractivity (Wildman–Crippen MR) is 19.2 cm³/mol. The van der Waals surface area contributed by atoms with Crippen LogP contribution in [-0.4, -0.2) is 12.4 Å². The predicted octanol–water partition coefficient (Wildman–Crippen LogP) is 0.358. The third kappa shape index (κ3) is 3.57. The molecular formula is C2H3O3P. The van der Waals surface area contributed by atoms with E-state index in [1.165, 1.54) is 0 Å². The first-order valence-corrected chi connectivity index (χ1v) is 2.69. The molecule has 0 aliphatic carbocycles. The van der Waals surface area contributed by atoms with Crippen molar-refractivity contribution >= 4 is 14.0 Å². The summed E-state index contributed by atoms with van der Waals surface area (Å²) in [6, 6.07) is 0. The lowest BCUT2D eigenvalue weighted by molar-refractivity contribution is -0.105. The third-order valence-corrected chi connectivity index (χ3v) is 0.671. The number of carbonyl (C=O) groups excluding carboxylic acids is 1. The van der Waals surface area contributed by atoms with Crippen LogP contribution in [0.2, 0.25) is 0 Å². The molecule has 0 spiro atoms. The van der Waals surface area contributed by atoms with E-state index in [1.807, 2.05) is 0 Å². The Labute approximate surface area is 35.2 Å². The summed E-state index contributed by atoms with van der Waals surface area (Å²) >= 11 is 0. The van der Waals surface area contributed by atoms with Gasteiger partial charge in [0, 0.05) is 0 Å². The van der Waals surface area contributed by atoms with Crippen LogP contribution >= 0.6 is 7.68 Å². The molecule has 34 valence electrons. The molecule has 0 aliphatic heterocycles. The van der Waals surface area contributed by atoms with Crippen LogP contribution in [0.25, 0.3) is 0 Å². The molecule has 0 N–H and O–H groups in total. The molecule has 0 saturated carbocycles. The zero-order chi connectivity index (χ0) is 4.99. The van der Waals surface area contributed by atoms with Gasteiger partial charge in [0.05, 0.1) is 0 Å². The Morgan fingerprint density at radius 2 is 2.00 bits per heavy atom. The second-order valence-corrected chi connectivity index (χ2v) is 1.71. The van der Waals surface area contributed by atoms with Crippen molar-refractivity contribution in [2.75, 3.05) is 6.16 Å². The fraction of sp³-hybridized carbons (Fsp3) is 0.500. The molecule has 0 aromatic rings. The summed E-state index contributed by atoms with van der Waals surface area (Å²) in [6.45, 7) is 0. The van der Waals surface area contributed by atoms with Crippen LogP contribution in [0.5, 0.6) is 0 Å². The van der Waals surface area contributed by atoms with Crippen LogP contribution in [-0.2, 0) is 13.9 Å². The number of rotatable bonds is 2. The average molecular weight is 106 g/mol. The van der Waals surface area contributed by atoms with Gasteiger partial charge in [-0.05, 0) is 0 Å². The highest BCUT2D eigenvalue weighted by molar-refractivity contribution is 7.31. The highest BCUT2D eigenvalue weighted by atomic mass is 31.1. The molecule has 6 heavy (non-hydrogen) atoms. The van der Waals surface area contributed by atoms with Crippen LogP contribution in [0.3, 0.4) is 0 Å². The van der Waals surface area contributed by atoms with Crippen LogP contribution in [0.1, 0.15) is 0 Å². The number of hydrogen-bond donors (Lipinski definition) is 0. The molecule has 0 aromatic heterocycles. The smallest absolute Gasteiger partial charge is 0.302 e. The van der Waals surface area contributed by atoms with E-state index in [2.05, 4.69) is 0 Å². The monoisotopic (exact) mass is 106 g/mol. The second kappa shape index (κ2) is 2.79. The van der Waals surface area contributed by atoms with Crippen molar-refractivity contribution in [1.29, 1.82) is 0 Å². The zero-order valence-corrected chi connectivity index (χ0v) is 3.85. The number of aldehydes is 1. The van der Waals surface area contributed by atoms with Gasteiger partial charge in [0.25, 0.3) is 0 Å². The van der Waals surface area contributed by atoms with Crippen molar-refractivity contribution in [3.63, 3.8) is 0 Å². The summed E-state index contributed by atoms with van der Waals surface area (Å²) in [4.78, 5) is 9.23. The van der Waals surface area contributed by atoms with Gasteiger partial charge in [-0.2, -0.15) is 0 Å². The molecule has 0 amide bonds. The van der Waals surface area contributed by atoms with E-state index in [1.54, 1.807) is 0 Å². The lowest BCUT2D eigenvalue weighted by Gasteiger charge is -1.55. The van der Waals surface area contributed by atoms with Gasteiger partial charge in [0.1, 0.15) is 12.4 Å². The zero-order valence-electron chi connectivity index (χ0n) is 2.96. The Bertz CT molecular complexity index is 95.4. The van der Waals surface area contributed by atoms with Crippen LogP contribution < -0.4 is 0 Å².